The highest BCUT2D eigenvalue weighted by atomic mass is 32.1. The van der Waals surface area contributed by atoms with Crippen molar-refractivity contribution in [3.63, 3.8) is 0 Å². The highest BCUT2D eigenvalue weighted by molar-refractivity contribution is 7.11. The van der Waals surface area contributed by atoms with Crippen molar-refractivity contribution in [2.24, 2.45) is 0 Å². The smallest absolute Gasteiger partial charge is 0.367 e. The molecule has 1 saturated heterocycles. The Labute approximate surface area is 129 Å². The zero-order valence-electron chi connectivity index (χ0n) is 12.8. The Balaban J connectivity index is 1.98. The molecule has 0 aromatic carbocycles. The van der Waals surface area contributed by atoms with Crippen LogP contribution in [0.5, 0.6) is 0 Å². The molecule has 2 rings (SSSR count). The Hall–Kier alpha value is -1.02. The fraction of sp³-hybridized carbons (Fsp3) is 0.714. The number of rotatable bonds is 6. The van der Waals surface area contributed by atoms with E-state index in [0.717, 1.165) is 18.7 Å². The first-order chi connectivity index (χ1) is 9.99. The van der Waals surface area contributed by atoms with Gasteiger partial charge in [-0.1, -0.05) is 0 Å². The second-order valence-electron chi connectivity index (χ2n) is 5.60. The number of likely N-dealkylation sites (tertiary alicyclic amines) is 1. The number of thiazole rings is 1. The molecule has 0 spiro atoms. The molecule has 2 unspecified atom stereocenters. The number of aliphatic hydroxyl groups is 1. The maximum atomic E-state index is 11.6. The van der Waals surface area contributed by atoms with Crippen LogP contribution in [0.1, 0.15) is 28.8 Å². The van der Waals surface area contributed by atoms with E-state index in [1.54, 1.807) is 6.92 Å². The topological polar surface area (TPSA) is 65.9 Å². The van der Waals surface area contributed by atoms with Crippen molar-refractivity contribution in [1.29, 1.82) is 0 Å². The van der Waals surface area contributed by atoms with Crippen LogP contribution < -0.4 is 0 Å². The van der Waals surface area contributed by atoms with Crippen molar-refractivity contribution in [2.75, 3.05) is 33.8 Å². The lowest BCUT2D eigenvalue weighted by Crippen LogP contribution is -2.37. The summed E-state index contributed by atoms with van der Waals surface area (Å²) in [6.45, 7) is 4.36. The average Bonchev–Trinajstić information content (AvgIpc) is 2.97. The molecule has 1 aliphatic heterocycles. The van der Waals surface area contributed by atoms with Crippen LogP contribution in [0.3, 0.4) is 0 Å². The third-order valence-electron chi connectivity index (χ3n) is 3.45. The van der Waals surface area contributed by atoms with E-state index >= 15 is 0 Å². The van der Waals surface area contributed by atoms with Gasteiger partial charge >= 0.3 is 5.97 Å². The quantitative estimate of drug-likeness (QED) is 0.784. The maximum absolute atomic E-state index is 11.6. The van der Waals surface area contributed by atoms with Gasteiger partial charge in [0.25, 0.3) is 0 Å². The molecular weight excluding hydrogens is 290 g/mol. The number of likely N-dealkylation sites (N-methyl/N-ethyl adjacent to an activating group) is 1. The number of hydrogen-bond donors (Lipinski definition) is 1. The molecule has 2 heterocycles. The Morgan fingerprint density at radius 3 is 3.05 bits per heavy atom. The van der Waals surface area contributed by atoms with Crippen molar-refractivity contribution in [3.8, 4) is 0 Å². The number of hydrogen-bond acceptors (Lipinski definition) is 7. The molecule has 1 aromatic heterocycles. The van der Waals surface area contributed by atoms with Crippen molar-refractivity contribution in [1.82, 2.24) is 14.8 Å². The van der Waals surface area contributed by atoms with E-state index in [2.05, 4.69) is 14.8 Å². The Morgan fingerprint density at radius 2 is 2.38 bits per heavy atom. The largest absolute Gasteiger partial charge is 0.461 e. The van der Waals surface area contributed by atoms with E-state index in [4.69, 9.17) is 4.74 Å². The number of nitrogens with zero attached hydrogens (tertiary/aromatic N) is 3. The van der Waals surface area contributed by atoms with E-state index in [1.165, 1.54) is 11.3 Å². The van der Waals surface area contributed by atoms with Gasteiger partial charge in [-0.3, -0.25) is 4.90 Å². The summed E-state index contributed by atoms with van der Waals surface area (Å²) in [5.41, 5.74) is 0.862. The third-order valence-corrected chi connectivity index (χ3v) is 4.32. The molecule has 1 aliphatic rings. The summed E-state index contributed by atoms with van der Waals surface area (Å²) in [5.74, 6) is -0.361. The number of aromatic nitrogens is 1. The van der Waals surface area contributed by atoms with E-state index in [9.17, 15) is 9.90 Å². The molecule has 21 heavy (non-hydrogen) atoms. The molecule has 6 nitrogen and oxygen atoms in total. The van der Waals surface area contributed by atoms with E-state index in [0.29, 0.717) is 30.7 Å². The number of esters is 1. The van der Waals surface area contributed by atoms with Gasteiger partial charge in [-0.15, -0.1) is 11.3 Å². The summed E-state index contributed by atoms with van der Waals surface area (Å²) in [5, 5.41) is 12.2. The lowest BCUT2D eigenvalue weighted by atomic mass is 10.2. The van der Waals surface area contributed by atoms with Crippen LogP contribution in [0, 0.1) is 0 Å². The molecule has 0 bridgehead atoms. The first-order valence-corrected chi connectivity index (χ1v) is 8.06. The van der Waals surface area contributed by atoms with Gasteiger partial charge in [0.05, 0.1) is 18.4 Å². The van der Waals surface area contributed by atoms with Crippen LogP contribution in [0.15, 0.2) is 5.38 Å². The minimum atomic E-state index is -0.361. The van der Waals surface area contributed by atoms with E-state index < -0.39 is 0 Å². The van der Waals surface area contributed by atoms with Gasteiger partial charge < -0.3 is 14.7 Å². The van der Waals surface area contributed by atoms with Gasteiger partial charge in [0.2, 0.25) is 5.01 Å². The van der Waals surface area contributed by atoms with Crippen molar-refractivity contribution in [3.05, 3.63) is 16.1 Å². The highest BCUT2D eigenvalue weighted by Gasteiger charge is 2.31. The molecule has 0 aliphatic carbocycles. The summed E-state index contributed by atoms with van der Waals surface area (Å²) < 4.78 is 4.95. The zero-order valence-corrected chi connectivity index (χ0v) is 13.6. The second kappa shape index (κ2) is 7.31. The first kappa shape index (κ1) is 16.4. The highest BCUT2D eigenvalue weighted by Crippen LogP contribution is 2.22. The van der Waals surface area contributed by atoms with E-state index in [1.807, 2.05) is 19.5 Å². The maximum Gasteiger partial charge on any atom is 0.367 e. The standard InChI is InChI=1S/C14H23N3O3S/c1-4-20-14(19)13-15-10(9-21-13)6-17-8-12(18)5-11(17)7-16(2)3/h9,11-12,18H,4-8H2,1-3H3. The van der Waals surface area contributed by atoms with Crippen molar-refractivity contribution >= 4 is 17.3 Å². The van der Waals surface area contributed by atoms with Crippen LogP contribution in [0.4, 0.5) is 0 Å². The molecule has 2 atom stereocenters. The van der Waals surface area contributed by atoms with Crippen LogP contribution in [-0.4, -0.2) is 71.8 Å². The van der Waals surface area contributed by atoms with Gasteiger partial charge in [-0.25, -0.2) is 9.78 Å². The lowest BCUT2D eigenvalue weighted by molar-refractivity contribution is 0.0525. The predicted octanol–water partition coefficient (Wildman–Crippen LogP) is 0.817. The van der Waals surface area contributed by atoms with E-state index in [-0.39, 0.29) is 12.1 Å². The summed E-state index contributed by atoms with van der Waals surface area (Å²) in [7, 11) is 4.06. The van der Waals surface area contributed by atoms with Crippen LogP contribution in [0.25, 0.3) is 0 Å². The second-order valence-corrected chi connectivity index (χ2v) is 6.46. The third kappa shape index (κ3) is 4.47. The molecule has 0 amide bonds. The summed E-state index contributed by atoms with van der Waals surface area (Å²) in [6.07, 6.45) is 0.505. The van der Waals surface area contributed by atoms with Crippen LogP contribution in [0.2, 0.25) is 0 Å². The summed E-state index contributed by atoms with van der Waals surface area (Å²) in [4.78, 5) is 20.3. The molecule has 0 radical (unpaired) electrons. The van der Waals surface area contributed by atoms with Gasteiger partial charge in [0, 0.05) is 31.1 Å². The Morgan fingerprint density at radius 1 is 1.62 bits per heavy atom. The number of aliphatic hydroxyl groups excluding tert-OH is 1. The monoisotopic (exact) mass is 313 g/mol. The minimum absolute atomic E-state index is 0.280. The first-order valence-electron chi connectivity index (χ1n) is 7.18. The number of carbonyl (C=O) groups excluding carboxylic acids is 1. The molecule has 7 heteroatoms. The van der Waals surface area contributed by atoms with Gasteiger partial charge in [-0.2, -0.15) is 0 Å². The molecule has 1 aromatic rings. The molecule has 118 valence electrons. The lowest BCUT2D eigenvalue weighted by Gasteiger charge is -2.25. The Kier molecular flexibility index (Phi) is 5.69. The van der Waals surface area contributed by atoms with Crippen LogP contribution in [-0.2, 0) is 11.3 Å². The fourth-order valence-electron chi connectivity index (χ4n) is 2.64. The summed E-state index contributed by atoms with van der Waals surface area (Å²) in [6, 6.07) is 0.322. The molecule has 1 fully saturated rings. The van der Waals surface area contributed by atoms with Crippen LogP contribution >= 0.6 is 11.3 Å². The Bertz CT molecular complexity index is 478. The average molecular weight is 313 g/mol. The molecular formula is C14H23N3O3S. The van der Waals surface area contributed by atoms with Gasteiger partial charge in [-0.05, 0) is 27.4 Å². The van der Waals surface area contributed by atoms with Crippen molar-refractivity contribution < 1.29 is 14.6 Å². The number of carbonyl (C=O) groups is 1. The normalized spacial score (nSPS) is 22.9. The van der Waals surface area contributed by atoms with Gasteiger partial charge in [0.15, 0.2) is 0 Å². The zero-order chi connectivity index (χ0) is 15.4. The summed E-state index contributed by atoms with van der Waals surface area (Å²) >= 11 is 1.31. The minimum Gasteiger partial charge on any atom is -0.461 e. The van der Waals surface area contributed by atoms with Gasteiger partial charge in [0.1, 0.15) is 0 Å². The molecule has 1 N–H and O–H groups in total. The SMILES string of the molecule is CCOC(=O)c1nc(CN2CC(O)CC2CN(C)C)cs1. The van der Waals surface area contributed by atoms with Crippen molar-refractivity contribution in [2.45, 2.75) is 32.0 Å². The number of ether oxygens (including phenoxy) is 1. The predicted molar refractivity (Wildman–Crippen MR) is 81.4 cm³/mol. The fourth-order valence-corrected chi connectivity index (χ4v) is 3.34. The molecule has 0 saturated carbocycles. The number of β-amino-alcohol motifs (C(OH)–C–C–N with tert-alkyl or cyclic N) is 1.